The second-order valence-corrected chi connectivity index (χ2v) is 8.44. The third kappa shape index (κ3) is 4.24. The first-order chi connectivity index (χ1) is 16.1. The topological polar surface area (TPSA) is 67.2 Å². The first-order valence-corrected chi connectivity index (χ1v) is 11.2. The third-order valence-electron chi connectivity index (χ3n) is 6.38. The fraction of sp³-hybridized carbons (Fsp3) is 0.222. The quantitative estimate of drug-likeness (QED) is 0.497. The van der Waals surface area contributed by atoms with Crippen molar-refractivity contribution in [2.45, 2.75) is 32.4 Å². The zero-order chi connectivity index (χ0) is 22.8. The van der Waals surface area contributed by atoms with Crippen LogP contribution in [0.25, 0.3) is 10.8 Å². The Morgan fingerprint density at radius 2 is 1.79 bits per heavy atom. The highest BCUT2D eigenvalue weighted by atomic mass is 16.2. The van der Waals surface area contributed by atoms with E-state index in [1.807, 2.05) is 36.4 Å². The second-order valence-electron chi connectivity index (χ2n) is 8.44. The van der Waals surface area contributed by atoms with Crippen LogP contribution in [-0.4, -0.2) is 33.0 Å². The van der Waals surface area contributed by atoms with E-state index < -0.39 is 0 Å². The lowest BCUT2D eigenvalue weighted by Gasteiger charge is -2.36. The first kappa shape index (κ1) is 20.9. The second kappa shape index (κ2) is 8.90. The smallest absolute Gasteiger partial charge is 0.227 e. The van der Waals surface area contributed by atoms with Gasteiger partial charge in [-0.15, -0.1) is 0 Å². The Labute approximate surface area is 192 Å². The molecule has 1 aliphatic heterocycles. The molecule has 1 atom stereocenters. The lowest BCUT2D eigenvalue weighted by molar-refractivity contribution is -0.132. The van der Waals surface area contributed by atoms with E-state index in [1.54, 1.807) is 28.8 Å². The highest BCUT2D eigenvalue weighted by Gasteiger charge is 2.30. The van der Waals surface area contributed by atoms with Crippen molar-refractivity contribution < 1.29 is 9.59 Å². The highest BCUT2D eigenvalue weighted by Crippen LogP contribution is 2.32. The van der Waals surface area contributed by atoms with Gasteiger partial charge in [0.1, 0.15) is 5.82 Å². The zero-order valence-corrected chi connectivity index (χ0v) is 18.6. The van der Waals surface area contributed by atoms with Crippen molar-refractivity contribution >= 4 is 28.4 Å². The molecule has 33 heavy (non-hydrogen) atoms. The molecule has 5 rings (SSSR count). The molecule has 0 saturated carbocycles. The van der Waals surface area contributed by atoms with E-state index in [4.69, 9.17) is 0 Å². The summed E-state index contributed by atoms with van der Waals surface area (Å²) in [7, 11) is 0. The van der Waals surface area contributed by atoms with Gasteiger partial charge in [-0.25, -0.2) is 4.68 Å². The molecule has 0 radical (unpaired) electrons. The molecule has 3 aromatic carbocycles. The first-order valence-electron chi connectivity index (χ1n) is 11.2. The Morgan fingerprint density at radius 3 is 2.67 bits per heavy atom. The van der Waals surface area contributed by atoms with Crippen LogP contribution in [0.4, 0.5) is 5.82 Å². The largest absolute Gasteiger partial charge is 0.335 e. The van der Waals surface area contributed by atoms with Crippen LogP contribution >= 0.6 is 0 Å². The molecule has 6 nitrogen and oxygen atoms in total. The molecule has 4 aromatic rings. The molecule has 0 spiro atoms. The van der Waals surface area contributed by atoms with Crippen LogP contribution in [0.1, 0.15) is 36.1 Å². The Kier molecular flexibility index (Phi) is 5.65. The Bertz CT molecular complexity index is 1320. The lowest BCUT2D eigenvalue weighted by atomic mass is 9.90. The SMILES string of the molecule is CC(=O)N1CCc2ccccc2C1CC(=O)Nc1ccnn1Cc1cccc2ccccc12. The number of aromatic nitrogens is 2. The molecule has 0 fully saturated rings. The number of amides is 2. The molecule has 1 unspecified atom stereocenters. The zero-order valence-electron chi connectivity index (χ0n) is 18.6. The summed E-state index contributed by atoms with van der Waals surface area (Å²) in [5.41, 5.74) is 3.39. The molecule has 1 aliphatic rings. The Morgan fingerprint density at radius 1 is 1.00 bits per heavy atom. The molecule has 166 valence electrons. The number of carbonyl (C=O) groups excluding carboxylic acids is 2. The highest BCUT2D eigenvalue weighted by molar-refractivity contribution is 5.91. The minimum Gasteiger partial charge on any atom is -0.335 e. The molecule has 0 aliphatic carbocycles. The van der Waals surface area contributed by atoms with Gasteiger partial charge in [-0.05, 0) is 33.9 Å². The number of anilines is 1. The Balaban J connectivity index is 1.35. The van der Waals surface area contributed by atoms with Gasteiger partial charge in [0, 0.05) is 19.5 Å². The number of rotatable bonds is 5. The summed E-state index contributed by atoms with van der Waals surface area (Å²) in [6.07, 6.45) is 2.71. The van der Waals surface area contributed by atoms with E-state index in [0.717, 1.165) is 17.5 Å². The predicted molar refractivity (Wildman–Crippen MR) is 129 cm³/mol. The maximum absolute atomic E-state index is 13.1. The average molecular weight is 439 g/mol. The number of hydrogen-bond acceptors (Lipinski definition) is 3. The maximum Gasteiger partial charge on any atom is 0.227 e. The van der Waals surface area contributed by atoms with Crippen LogP contribution in [0.3, 0.4) is 0 Å². The van der Waals surface area contributed by atoms with Crippen molar-refractivity contribution in [3.05, 3.63) is 95.7 Å². The van der Waals surface area contributed by atoms with Crippen molar-refractivity contribution in [3.8, 4) is 0 Å². The lowest BCUT2D eigenvalue weighted by Crippen LogP contribution is -2.40. The molecule has 1 N–H and O–H groups in total. The fourth-order valence-corrected chi connectivity index (χ4v) is 4.77. The van der Waals surface area contributed by atoms with E-state index >= 15 is 0 Å². The summed E-state index contributed by atoms with van der Waals surface area (Å²) >= 11 is 0. The molecule has 0 bridgehead atoms. The molecule has 2 heterocycles. The van der Waals surface area contributed by atoms with Crippen molar-refractivity contribution in [2.24, 2.45) is 0 Å². The van der Waals surface area contributed by atoms with Gasteiger partial charge in [0.05, 0.1) is 25.2 Å². The van der Waals surface area contributed by atoms with Crippen LogP contribution in [-0.2, 0) is 22.6 Å². The van der Waals surface area contributed by atoms with Gasteiger partial charge in [0.15, 0.2) is 0 Å². The van der Waals surface area contributed by atoms with Gasteiger partial charge in [-0.3, -0.25) is 9.59 Å². The van der Waals surface area contributed by atoms with Crippen LogP contribution in [0.15, 0.2) is 79.0 Å². The predicted octanol–water partition coefficient (Wildman–Crippen LogP) is 4.56. The molecule has 1 aromatic heterocycles. The molecule has 6 heteroatoms. The van der Waals surface area contributed by atoms with E-state index in [-0.39, 0.29) is 24.3 Å². The Hall–Kier alpha value is -3.93. The van der Waals surface area contributed by atoms with Gasteiger partial charge < -0.3 is 10.2 Å². The molecular formula is C27H26N4O2. The normalized spacial score (nSPS) is 15.3. The van der Waals surface area contributed by atoms with Crippen molar-refractivity contribution in [1.82, 2.24) is 14.7 Å². The summed E-state index contributed by atoms with van der Waals surface area (Å²) in [5.74, 6) is 0.498. The summed E-state index contributed by atoms with van der Waals surface area (Å²) in [5, 5.41) is 9.80. The van der Waals surface area contributed by atoms with Crippen LogP contribution in [0.2, 0.25) is 0 Å². The number of nitrogens with one attached hydrogen (secondary N) is 1. The van der Waals surface area contributed by atoms with Crippen molar-refractivity contribution in [2.75, 3.05) is 11.9 Å². The van der Waals surface area contributed by atoms with Crippen molar-refractivity contribution in [1.29, 1.82) is 0 Å². The number of fused-ring (bicyclic) bond motifs is 2. The van der Waals surface area contributed by atoms with Crippen molar-refractivity contribution in [3.63, 3.8) is 0 Å². The van der Waals surface area contributed by atoms with Gasteiger partial charge in [0.25, 0.3) is 0 Å². The number of hydrogen-bond donors (Lipinski definition) is 1. The summed E-state index contributed by atoms with van der Waals surface area (Å²) in [6, 6.07) is 24.1. The van der Waals surface area contributed by atoms with Gasteiger partial charge in [-0.1, -0.05) is 66.7 Å². The number of benzene rings is 3. The van der Waals surface area contributed by atoms with E-state index in [1.165, 1.54) is 16.3 Å². The number of carbonyl (C=O) groups is 2. The molecular weight excluding hydrogens is 412 g/mol. The van der Waals surface area contributed by atoms with Gasteiger partial charge >= 0.3 is 0 Å². The fourth-order valence-electron chi connectivity index (χ4n) is 4.77. The van der Waals surface area contributed by atoms with E-state index in [2.05, 4.69) is 40.7 Å². The summed E-state index contributed by atoms with van der Waals surface area (Å²) < 4.78 is 1.80. The minimum atomic E-state index is -0.262. The third-order valence-corrected chi connectivity index (χ3v) is 6.38. The minimum absolute atomic E-state index is 0.0108. The molecule has 2 amide bonds. The monoisotopic (exact) mass is 438 g/mol. The van der Waals surface area contributed by atoms with Crippen LogP contribution < -0.4 is 5.32 Å². The number of nitrogens with zero attached hydrogens (tertiary/aromatic N) is 3. The maximum atomic E-state index is 13.1. The standard InChI is InChI=1S/C27H26N4O2/c1-19(32)30-16-14-21-8-3-5-12-24(21)25(30)17-27(33)29-26-13-15-28-31(26)18-22-10-6-9-20-7-2-4-11-23(20)22/h2-13,15,25H,14,16-18H2,1H3,(H,29,33). The average Bonchev–Trinajstić information content (AvgIpc) is 3.25. The van der Waals surface area contributed by atoms with E-state index in [0.29, 0.717) is 18.9 Å². The van der Waals surface area contributed by atoms with Gasteiger partial charge in [0.2, 0.25) is 11.8 Å². The summed E-state index contributed by atoms with van der Waals surface area (Å²) in [6.45, 7) is 2.75. The van der Waals surface area contributed by atoms with Crippen LogP contribution in [0, 0.1) is 0 Å². The van der Waals surface area contributed by atoms with E-state index in [9.17, 15) is 9.59 Å². The van der Waals surface area contributed by atoms with Crippen LogP contribution in [0.5, 0.6) is 0 Å². The van der Waals surface area contributed by atoms with Gasteiger partial charge in [-0.2, -0.15) is 5.10 Å². The molecule has 0 saturated heterocycles. The summed E-state index contributed by atoms with van der Waals surface area (Å²) in [4.78, 5) is 27.1.